The van der Waals surface area contributed by atoms with Gasteiger partial charge >= 0.3 is 5.97 Å². The molecule has 1 aromatic carbocycles. The molecule has 0 saturated carbocycles. The summed E-state index contributed by atoms with van der Waals surface area (Å²) in [5.41, 5.74) is 0.968. The summed E-state index contributed by atoms with van der Waals surface area (Å²) >= 11 is 5.89. The Bertz CT molecular complexity index is 363. The Labute approximate surface area is 100.0 Å². The number of aryl methyl sites for hydroxylation is 1. The first-order chi connectivity index (χ1) is 7.63. The highest BCUT2D eigenvalue weighted by Gasteiger charge is 2.05. The van der Waals surface area contributed by atoms with Crippen LogP contribution in [0.25, 0.3) is 0 Å². The van der Waals surface area contributed by atoms with Gasteiger partial charge in [-0.05, 0) is 43.5 Å². The van der Waals surface area contributed by atoms with Gasteiger partial charge in [0, 0.05) is 11.4 Å². The largest absolute Gasteiger partial charge is 0.494 e. The van der Waals surface area contributed by atoms with Gasteiger partial charge in [0.25, 0.3) is 0 Å². The van der Waals surface area contributed by atoms with E-state index in [2.05, 4.69) is 0 Å². The average Bonchev–Trinajstić information content (AvgIpc) is 2.21. The van der Waals surface area contributed by atoms with Gasteiger partial charge in [-0.2, -0.15) is 0 Å². The number of hydrogen-bond acceptors (Lipinski definition) is 2. The van der Waals surface area contributed by atoms with Gasteiger partial charge in [-0.3, -0.25) is 4.79 Å². The minimum atomic E-state index is -0.778. The molecule has 3 nitrogen and oxygen atoms in total. The second-order valence-electron chi connectivity index (χ2n) is 3.43. The SMILES string of the molecule is CCOc1ccc(Cl)cc1CCCC(=O)O. The Hall–Kier alpha value is -1.22. The maximum atomic E-state index is 10.4. The lowest BCUT2D eigenvalue weighted by Crippen LogP contribution is -1.99. The molecular formula is C12H15ClO3. The molecular weight excluding hydrogens is 228 g/mol. The Morgan fingerprint density at radius 3 is 2.88 bits per heavy atom. The summed E-state index contributed by atoms with van der Waals surface area (Å²) in [4.78, 5) is 10.4. The molecule has 0 heterocycles. The molecule has 4 heteroatoms. The van der Waals surface area contributed by atoms with Crippen LogP contribution in [0.1, 0.15) is 25.3 Å². The van der Waals surface area contributed by atoms with E-state index in [-0.39, 0.29) is 6.42 Å². The van der Waals surface area contributed by atoms with Crippen molar-refractivity contribution in [1.29, 1.82) is 0 Å². The summed E-state index contributed by atoms with van der Waals surface area (Å²) in [5.74, 6) is 0.0114. The first-order valence-corrected chi connectivity index (χ1v) is 5.64. The first kappa shape index (κ1) is 12.8. The van der Waals surface area contributed by atoms with Crippen LogP contribution in [0.2, 0.25) is 5.02 Å². The molecule has 0 aliphatic carbocycles. The van der Waals surface area contributed by atoms with E-state index in [1.54, 1.807) is 6.07 Å². The quantitative estimate of drug-likeness (QED) is 0.834. The highest BCUT2D eigenvalue weighted by Crippen LogP contribution is 2.24. The van der Waals surface area contributed by atoms with E-state index < -0.39 is 5.97 Å². The van der Waals surface area contributed by atoms with Crippen molar-refractivity contribution in [3.8, 4) is 5.75 Å². The lowest BCUT2D eigenvalue weighted by Gasteiger charge is -2.09. The van der Waals surface area contributed by atoms with E-state index in [1.807, 2.05) is 19.1 Å². The fourth-order valence-electron chi connectivity index (χ4n) is 1.47. The van der Waals surface area contributed by atoms with Crippen molar-refractivity contribution in [2.45, 2.75) is 26.2 Å². The van der Waals surface area contributed by atoms with Crippen molar-refractivity contribution >= 4 is 17.6 Å². The van der Waals surface area contributed by atoms with Crippen molar-refractivity contribution in [1.82, 2.24) is 0 Å². The Morgan fingerprint density at radius 2 is 2.25 bits per heavy atom. The number of rotatable bonds is 6. The molecule has 0 atom stereocenters. The van der Waals surface area contributed by atoms with Gasteiger partial charge in [-0.15, -0.1) is 0 Å². The molecule has 0 fully saturated rings. The smallest absolute Gasteiger partial charge is 0.303 e. The van der Waals surface area contributed by atoms with Crippen LogP contribution < -0.4 is 4.74 Å². The van der Waals surface area contributed by atoms with Crippen LogP contribution >= 0.6 is 11.6 Å². The van der Waals surface area contributed by atoms with Crippen molar-refractivity contribution in [3.63, 3.8) is 0 Å². The minimum Gasteiger partial charge on any atom is -0.494 e. The molecule has 0 aliphatic rings. The van der Waals surface area contributed by atoms with E-state index in [4.69, 9.17) is 21.4 Å². The number of benzene rings is 1. The summed E-state index contributed by atoms with van der Waals surface area (Å²) in [6, 6.07) is 5.42. The number of halogens is 1. The normalized spacial score (nSPS) is 10.1. The minimum absolute atomic E-state index is 0.165. The third kappa shape index (κ3) is 4.11. The lowest BCUT2D eigenvalue weighted by atomic mass is 10.1. The van der Waals surface area contributed by atoms with Crippen molar-refractivity contribution in [2.24, 2.45) is 0 Å². The van der Waals surface area contributed by atoms with E-state index >= 15 is 0 Å². The third-order valence-electron chi connectivity index (χ3n) is 2.16. The molecule has 1 rings (SSSR count). The number of carboxylic acid groups (broad SMARTS) is 1. The number of carbonyl (C=O) groups is 1. The summed E-state index contributed by atoms with van der Waals surface area (Å²) in [7, 11) is 0. The first-order valence-electron chi connectivity index (χ1n) is 5.26. The Balaban J connectivity index is 2.67. The van der Waals surface area contributed by atoms with Crippen LogP contribution in [0.5, 0.6) is 5.75 Å². The van der Waals surface area contributed by atoms with Crippen LogP contribution in [0, 0.1) is 0 Å². The predicted octanol–water partition coefficient (Wildman–Crippen LogP) is 3.15. The molecule has 0 saturated heterocycles. The maximum absolute atomic E-state index is 10.4. The van der Waals surface area contributed by atoms with Crippen molar-refractivity contribution < 1.29 is 14.6 Å². The molecule has 0 spiro atoms. The van der Waals surface area contributed by atoms with E-state index in [9.17, 15) is 4.79 Å². The van der Waals surface area contributed by atoms with Gasteiger partial charge in [0.05, 0.1) is 6.61 Å². The Morgan fingerprint density at radius 1 is 1.50 bits per heavy atom. The predicted molar refractivity (Wildman–Crippen MR) is 63.2 cm³/mol. The zero-order valence-electron chi connectivity index (χ0n) is 9.20. The molecule has 1 N–H and O–H groups in total. The van der Waals surface area contributed by atoms with Crippen LogP contribution in [-0.4, -0.2) is 17.7 Å². The molecule has 0 unspecified atom stereocenters. The lowest BCUT2D eigenvalue weighted by molar-refractivity contribution is -0.137. The monoisotopic (exact) mass is 242 g/mol. The molecule has 88 valence electrons. The maximum Gasteiger partial charge on any atom is 0.303 e. The number of ether oxygens (including phenoxy) is 1. The van der Waals surface area contributed by atoms with Gasteiger partial charge in [0.15, 0.2) is 0 Å². The van der Waals surface area contributed by atoms with Gasteiger partial charge in [0.1, 0.15) is 5.75 Å². The highest BCUT2D eigenvalue weighted by atomic mass is 35.5. The Kier molecular flexibility index (Phi) is 5.12. The standard InChI is InChI=1S/C12H15ClO3/c1-2-16-11-7-6-10(13)8-9(11)4-3-5-12(14)15/h6-8H,2-5H2,1H3,(H,14,15). The molecule has 0 radical (unpaired) electrons. The van der Waals surface area contributed by atoms with Crippen LogP contribution in [0.4, 0.5) is 0 Å². The van der Waals surface area contributed by atoms with Gasteiger partial charge in [-0.1, -0.05) is 11.6 Å². The third-order valence-corrected chi connectivity index (χ3v) is 2.39. The zero-order chi connectivity index (χ0) is 12.0. The highest BCUT2D eigenvalue weighted by molar-refractivity contribution is 6.30. The van der Waals surface area contributed by atoms with Gasteiger partial charge in [0.2, 0.25) is 0 Å². The van der Waals surface area contributed by atoms with Gasteiger partial charge in [-0.25, -0.2) is 0 Å². The molecule has 0 amide bonds. The van der Waals surface area contributed by atoms with Crippen molar-refractivity contribution in [2.75, 3.05) is 6.61 Å². The van der Waals surface area contributed by atoms with E-state index in [1.165, 1.54) is 0 Å². The molecule has 0 aliphatic heterocycles. The zero-order valence-corrected chi connectivity index (χ0v) is 9.96. The summed E-state index contributed by atoms with van der Waals surface area (Å²) in [6.45, 7) is 2.50. The summed E-state index contributed by atoms with van der Waals surface area (Å²) < 4.78 is 5.44. The van der Waals surface area contributed by atoms with Gasteiger partial charge < -0.3 is 9.84 Å². The summed E-state index contributed by atoms with van der Waals surface area (Å²) in [5, 5.41) is 9.21. The van der Waals surface area contributed by atoms with Crippen LogP contribution in [0.15, 0.2) is 18.2 Å². The van der Waals surface area contributed by atoms with Crippen LogP contribution in [0.3, 0.4) is 0 Å². The second-order valence-corrected chi connectivity index (χ2v) is 3.87. The van der Waals surface area contributed by atoms with E-state index in [0.717, 1.165) is 11.3 Å². The molecule has 1 aromatic rings. The average molecular weight is 243 g/mol. The molecule has 16 heavy (non-hydrogen) atoms. The summed E-state index contributed by atoms with van der Waals surface area (Å²) in [6.07, 6.45) is 1.43. The van der Waals surface area contributed by atoms with E-state index in [0.29, 0.717) is 24.5 Å². The topological polar surface area (TPSA) is 46.5 Å². The molecule has 0 aromatic heterocycles. The number of carboxylic acids is 1. The fourth-order valence-corrected chi connectivity index (χ4v) is 1.66. The van der Waals surface area contributed by atoms with Crippen molar-refractivity contribution in [3.05, 3.63) is 28.8 Å². The second kappa shape index (κ2) is 6.38. The van der Waals surface area contributed by atoms with Crippen LogP contribution in [-0.2, 0) is 11.2 Å². The number of hydrogen-bond donors (Lipinski definition) is 1. The fraction of sp³-hybridized carbons (Fsp3) is 0.417. The molecule has 0 bridgehead atoms. The number of aliphatic carboxylic acids is 1.